The van der Waals surface area contributed by atoms with Crippen LogP contribution >= 0.6 is 11.3 Å². The van der Waals surface area contributed by atoms with Crippen LogP contribution in [0.2, 0.25) is 0 Å². The van der Waals surface area contributed by atoms with Gasteiger partial charge in [-0.15, -0.1) is 0 Å². The molecule has 7 heteroatoms. The van der Waals surface area contributed by atoms with Crippen molar-refractivity contribution < 1.29 is 14.3 Å². The zero-order valence-electron chi connectivity index (χ0n) is 16.9. The third kappa shape index (κ3) is 4.11. The number of nitrogens with zero attached hydrogens (tertiary/aromatic N) is 2. The largest absolute Gasteiger partial charge is 0.494 e. The molecule has 1 aliphatic rings. The molecule has 3 aromatic rings. The lowest BCUT2D eigenvalue weighted by Crippen LogP contribution is -2.14. The van der Waals surface area contributed by atoms with Crippen molar-refractivity contribution in [2.75, 3.05) is 25.6 Å². The van der Waals surface area contributed by atoms with E-state index in [2.05, 4.69) is 35.2 Å². The number of anilines is 1. The lowest BCUT2D eigenvalue weighted by molar-refractivity contribution is 0.0856. The Bertz CT molecular complexity index is 1030. The number of benzene rings is 1. The van der Waals surface area contributed by atoms with Crippen molar-refractivity contribution in [3.05, 3.63) is 47.3 Å². The number of ether oxygens (including phenoxy) is 2. The number of hydrogen-bond acceptors (Lipinski definition) is 6. The minimum absolute atomic E-state index is 0.181. The Balaban J connectivity index is 1.66. The number of fused-ring (bicyclic) bond motifs is 1. The van der Waals surface area contributed by atoms with Gasteiger partial charge < -0.3 is 9.47 Å². The second kappa shape index (κ2) is 8.47. The van der Waals surface area contributed by atoms with Gasteiger partial charge in [-0.05, 0) is 48.4 Å². The van der Waals surface area contributed by atoms with E-state index in [1.165, 1.54) is 16.9 Å². The van der Waals surface area contributed by atoms with Crippen molar-refractivity contribution in [1.82, 2.24) is 9.97 Å². The fraction of sp³-hybridized carbons (Fsp3) is 0.409. The standard InChI is InChI=1S/C22H25N3O3S/c1-13(2)17-12-15(6-9-23-17)21(26)25-22-24-19-18(27-3)5-4-16(20(19)29-22)14-7-10-28-11-8-14/h4-6,9,12-14H,7-8,10-11H2,1-3H3,(H,24,25,26). The van der Waals surface area contributed by atoms with E-state index < -0.39 is 0 Å². The first-order chi connectivity index (χ1) is 14.1. The summed E-state index contributed by atoms with van der Waals surface area (Å²) < 4.78 is 12.1. The van der Waals surface area contributed by atoms with Gasteiger partial charge in [-0.1, -0.05) is 31.3 Å². The van der Waals surface area contributed by atoms with Crippen molar-refractivity contribution in [2.45, 2.75) is 38.5 Å². The number of aromatic nitrogens is 2. The van der Waals surface area contributed by atoms with E-state index in [1.807, 2.05) is 12.1 Å². The third-order valence-corrected chi connectivity index (χ3v) is 6.29. The van der Waals surface area contributed by atoms with Crippen molar-refractivity contribution in [3.8, 4) is 5.75 Å². The van der Waals surface area contributed by atoms with E-state index in [9.17, 15) is 4.79 Å². The summed E-state index contributed by atoms with van der Waals surface area (Å²) in [6.07, 6.45) is 3.67. The Hall–Kier alpha value is -2.51. The molecule has 2 aromatic heterocycles. The molecule has 0 spiro atoms. The molecule has 152 valence electrons. The molecule has 1 N–H and O–H groups in total. The van der Waals surface area contributed by atoms with Crippen molar-refractivity contribution in [2.24, 2.45) is 0 Å². The molecule has 0 unspecified atom stereocenters. The summed E-state index contributed by atoms with van der Waals surface area (Å²) in [6, 6.07) is 7.65. The maximum atomic E-state index is 12.8. The summed E-state index contributed by atoms with van der Waals surface area (Å²) in [7, 11) is 1.64. The Labute approximate surface area is 174 Å². The van der Waals surface area contributed by atoms with Crippen molar-refractivity contribution in [3.63, 3.8) is 0 Å². The third-order valence-electron chi connectivity index (χ3n) is 5.27. The predicted octanol–water partition coefficient (Wildman–Crippen LogP) is 4.97. The van der Waals surface area contributed by atoms with Gasteiger partial charge in [-0.2, -0.15) is 0 Å². The molecule has 1 aliphatic heterocycles. The van der Waals surface area contributed by atoms with Crippen LogP contribution < -0.4 is 10.1 Å². The van der Waals surface area contributed by atoms with Crippen molar-refractivity contribution >= 4 is 32.6 Å². The average Bonchev–Trinajstić information content (AvgIpc) is 3.17. The molecule has 0 saturated carbocycles. The number of carbonyl (C=O) groups excluding carboxylic acids is 1. The molecule has 4 rings (SSSR count). The minimum atomic E-state index is -0.181. The number of thiazole rings is 1. The molecule has 6 nitrogen and oxygen atoms in total. The van der Waals surface area contributed by atoms with Crippen LogP contribution in [0, 0.1) is 0 Å². The normalized spacial score (nSPS) is 15.0. The van der Waals surface area contributed by atoms with Crippen LogP contribution in [-0.4, -0.2) is 36.2 Å². The molecule has 0 radical (unpaired) electrons. The maximum absolute atomic E-state index is 12.8. The Morgan fingerprint density at radius 3 is 2.79 bits per heavy atom. The highest BCUT2D eigenvalue weighted by atomic mass is 32.1. The number of pyridine rings is 1. The molecule has 3 heterocycles. The van der Waals surface area contributed by atoms with Crippen LogP contribution in [0.25, 0.3) is 10.2 Å². The Morgan fingerprint density at radius 1 is 1.28 bits per heavy atom. The summed E-state index contributed by atoms with van der Waals surface area (Å²) in [5.41, 5.74) is 3.53. The number of hydrogen-bond donors (Lipinski definition) is 1. The van der Waals surface area contributed by atoms with Gasteiger partial charge in [0.2, 0.25) is 0 Å². The van der Waals surface area contributed by atoms with Gasteiger partial charge in [0.15, 0.2) is 5.13 Å². The second-order valence-electron chi connectivity index (χ2n) is 7.52. The summed E-state index contributed by atoms with van der Waals surface area (Å²) in [5, 5.41) is 3.53. The zero-order valence-corrected chi connectivity index (χ0v) is 17.7. The Kier molecular flexibility index (Phi) is 5.78. The molecule has 1 amide bonds. The highest BCUT2D eigenvalue weighted by Crippen LogP contribution is 2.40. The molecular weight excluding hydrogens is 386 g/mol. The van der Waals surface area contributed by atoms with E-state index in [4.69, 9.17) is 9.47 Å². The van der Waals surface area contributed by atoms with Crippen LogP contribution in [0.5, 0.6) is 5.75 Å². The number of carbonyl (C=O) groups is 1. The van der Waals surface area contributed by atoms with Crippen LogP contribution in [0.15, 0.2) is 30.5 Å². The predicted molar refractivity (Wildman–Crippen MR) is 115 cm³/mol. The monoisotopic (exact) mass is 411 g/mol. The van der Waals surface area contributed by atoms with E-state index in [0.29, 0.717) is 16.6 Å². The van der Waals surface area contributed by atoms with Gasteiger partial charge in [-0.3, -0.25) is 15.1 Å². The highest BCUT2D eigenvalue weighted by Gasteiger charge is 2.22. The van der Waals surface area contributed by atoms with E-state index in [0.717, 1.165) is 47.7 Å². The average molecular weight is 412 g/mol. The molecule has 1 aromatic carbocycles. The lowest BCUT2D eigenvalue weighted by atomic mass is 9.91. The van der Waals surface area contributed by atoms with Crippen LogP contribution in [0.3, 0.4) is 0 Å². The number of nitrogens with one attached hydrogen (secondary N) is 1. The van der Waals surface area contributed by atoms with Gasteiger partial charge in [0.1, 0.15) is 11.3 Å². The number of rotatable bonds is 5. The fourth-order valence-electron chi connectivity index (χ4n) is 3.63. The second-order valence-corrected chi connectivity index (χ2v) is 8.52. The van der Waals surface area contributed by atoms with E-state index in [1.54, 1.807) is 19.4 Å². The van der Waals surface area contributed by atoms with Crippen LogP contribution in [-0.2, 0) is 4.74 Å². The van der Waals surface area contributed by atoms with E-state index >= 15 is 0 Å². The smallest absolute Gasteiger partial charge is 0.257 e. The first-order valence-corrected chi connectivity index (χ1v) is 10.7. The molecule has 1 fully saturated rings. The van der Waals surface area contributed by atoms with Crippen LogP contribution in [0.4, 0.5) is 5.13 Å². The van der Waals surface area contributed by atoms with Gasteiger partial charge in [-0.25, -0.2) is 4.98 Å². The van der Waals surface area contributed by atoms with Crippen LogP contribution in [0.1, 0.15) is 60.1 Å². The zero-order chi connectivity index (χ0) is 20.4. The molecule has 0 atom stereocenters. The summed E-state index contributed by atoms with van der Waals surface area (Å²) in [5.74, 6) is 1.24. The molecule has 29 heavy (non-hydrogen) atoms. The summed E-state index contributed by atoms with van der Waals surface area (Å²) in [4.78, 5) is 21.8. The lowest BCUT2D eigenvalue weighted by Gasteiger charge is -2.23. The molecule has 0 bridgehead atoms. The fourth-order valence-corrected chi connectivity index (χ4v) is 4.70. The summed E-state index contributed by atoms with van der Waals surface area (Å²) in [6.45, 7) is 5.67. The molecule has 1 saturated heterocycles. The molecular formula is C22H25N3O3S. The molecule has 0 aliphatic carbocycles. The maximum Gasteiger partial charge on any atom is 0.257 e. The van der Waals surface area contributed by atoms with Gasteiger partial charge in [0.05, 0.1) is 11.8 Å². The first kappa shape index (κ1) is 19.8. The van der Waals surface area contributed by atoms with Gasteiger partial charge in [0.25, 0.3) is 5.91 Å². The first-order valence-electron chi connectivity index (χ1n) is 9.89. The van der Waals surface area contributed by atoms with E-state index in [-0.39, 0.29) is 11.8 Å². The minimum Gasteiger partial charge on any atom is -0.494 e. The van der Waals surface area contributed by atoms with Gasteiger partial charge >= 0.3 is 0 Å². The van der Waals surface area contributed by atoms with Crippen molar-refractivity contribution in [1.29, 1.82) is 0 Å². The SMILES string of the molecule is COc1ccc(C2CCOCC2)c2sc(NC(=O)c3ccnc(C(C)C)c3)nc12. The Morgan fingerprint density at radius 2 is 2.07 bits per heavy atom. The number of methoxy groups -OCH3 is 1. The van der Waals surface area contributed by atoms with Gasteiger partial charge in [0, 0.05) is 30.7 Å². The topological polar surface area (TPSA) is 73.3 Å². The quantitative estimate of drug-likeness (QED) is 0.642. The highest BCUT2D eigenvalue weighted by molar-refractivity contribution is 7.22. The summed E-state index contributed by atoms with van der Waals surface area (Å²) >= 11 is 1.50. The number of amides is 1.